The molecule has 2 saturated heterocycles. The fourth-order valence-electron chi connectivity index (χ4n) is 3.72. The van der Waals surface area contributed by atoms with Crippen LogP contribution in [0.2, 0.25) is 0 Å². The Morgan fingerprint density at radius 3 is 2.37 bits per heavy atom. The normalized spacial score (nSPS) is 17.7. The summed E-state index contributed by atoms with van der Waals surface area (Å²) in [6.07, 6.45) is 3.60. The number of hydrogen-bond donors (Lipinski definition) is 1. The number of para-hydroxylation sites is 1. The topological polar surface area (TPSA) is 79.0 Å². The number of nitrogens with one attached hydrogen (secondary N) is 1. The fraction of sp³-hybridized carbons (Fsp3) is 0.550. The van der Waals surface area contributed by atoms with Crippen molar-refractivity contribution in [3.8, 4) is 5.75 Å². The van der Waals surface area contributed by atoms with Crippen LogP contribution in [0.5, 0.6) is 5.75 Å². The number of rotatable bonds is 5. The minimum absolute atomic E-state index is 0.0297. The van der Waals surface area contributed by atoms with Crippen LogP contribution in [0.1, 0.15) is 36.0 Å². The number of piperidine rings is 1. The Hall–Kier alpha value is -2.57. The third-order valence-electron chi connectivity index (χ3n) is 5.32. The van der Waals surface area contributed by atoms with E-state index >= 15 is 0 Å². The van der Waals surface area contributed by atoms with E-state index < -0.39 is 0 Å². The molecule has 1 N–H and O–H groups in total. The van der Waals surface area contributed by atoms with Crippen LogP contribution in [-0.2, 0) is 9.59 Å². The van der Waals surface area contributed by atoms with Crippen molar-refractivity contribution in [1.29, 1.82) is 0 Å². The van der Waals surface area contributed by atoms with E-state index in [1.807, 2.05) is 4.90 Å². The summed E-state index contributed by atoms with van der Waals surface area (Å²) in [6.45, 7) is 2.78. The first kappa shape index (κ1) is 19.2. The van der Waals surface area contributed by atoms with Gasteiger partial charge in [-0.1, -0.05) is 12.1 Å². The number of carbonyl (C=O) groups excluding carboxylic acids is 3. The van der Waals surface area contributed by atoms with Gasteiger partial charge in [-0.3, -0.25) is 14.4 Å². The predicted octanol–water partition coefficient (Wildman–Crippen LogP) is 1.29. The molecule has 27 heavy (non-hydrogen) atoms. The van der Waals surface area contributed by atoms with Crippen LogP contribution in [0.15, 0.2) is 24.3 Å². The lowest BCUT2D eigenvalue weighted by molar-refractivity contribution is -0.140. The summed E-state index contributed by atoms with van der Waals surface area (Å²) in [4.78, 5) is 40.5. The Balaban J connectivity index is 1.49. The molecule has 3 rings (SSSR count). The number of likely N-dealkylation sites (tertiary alicyclic amines) is 2. The van der Waals surface area contributed by atoms with Crippen LogP contribution in [0.4, 0.5) is 0 Å². The molecule has 0 bridgehead atoms. The molecule has 1 aromatic carbocycles. The SMILES string of the molecule is CNC(=O)c1ccccc1OCC(=O)N1CCC(C(=O)N2CCCC2)CC1. The van der Waals surface area contributed by atoms with Gasteiger partial charge in [0.05, 0.1) is 5.56 Å². The standard InChI is InChI=1S/C20H27N3O4/c1-21-19(25)16-6-2-3-7-17(16)27-14-18(24)22-12-8-15(9-13-22)20(26)23-10-4-5-11-23/h2-3,6-7,15H,4-5,8-14H2,1H3,(H,21,25). The fourth-order valence-corrected chi connectivity index (χ4v) is 3.72. The molecule has 0 aliphatic carbocycles. The first-order valence-electron chi connectivity index (χ1n) is 9.60. The van der Waals surface area contributed by atoms with Crippen molar-refractivity contribution >= 4 is 17.7 Å². The van der Waals surface area contributed by atoms with Crippen molar-refractivity contribution in [2.75, 3.05) is 39.8 Å². The molecular formula is C20H27N3O4. The molecule has 2 fully saturated rings. The first-order chi connectivity index (χ1) is 13.1. The lowest BCUT2D eigenvalue weighted by Gasteiger charge is -2.33. The van der Waals surface area contributed by atoms with Crippen molar-refractivity contribution in [3.63, 3.8) is 0 Å². The molecule has 2 heterocycles. The van der Waals surface area contributed by atoms with E-state index in [4.69, 9.17) is 4.74 Å². The zero-order valence-corrected chi connectivity index (χ0v) is 15.8. The highest BCUT2D eigenvalue weighted by atomic mass is 16.5. The zero-order valence-electron chi connectivity index (χ0n) is 15.8. The van der Waals surface area contributed by atoms with Gasteiger partial charge in [0.15, 0.2) is 6.61 Å². The third-order valence-corrected chi connectivity index (χ3v) is 5.32. The lowest BCUT2D eigenvalue weighted by atomic mass is 9.95. The smallest absolute Gasteiger partial charge is 0.260 e. The number of benzene rings is 1. The molecule has 7 heteroatoms. The van der Waals surface area contributed by atoms with E-state index in [1.165, 1.54) is 0 Å². The van der Waals surface area contributed by atoms with Crippen molar-refractivity contribution in [2.24, 2.45) is 5.92 Å². The van der Waals surface area contributed by atoms with Gasteiger partial charge in [-0.25, -0.2) is 0 Å². The van der Waals surface area contributed by atoms with Gasteiger partial charge in [-0.15, -0.1) is 0 Å². The molecule has 7 nitrogen and oxygen atoms in total. The average Bonchev–Trinajstić information content (AvgIpc) is 3.26. The monoisotopic (exact) mass is 373 g/mol. The first-order valence-corrected chi connectivity index (χ1v) is 9.60. The molecule has 0 aromatic heterocycles. The Bertz CT molecular complexity index is 692. The maximum Gasteiger partial charge on any atom is 0.260 e. The van der Waals surface area contributed by atoms with Gasteiger partial charge in [-0.05, 0) is 37.8 Å². The molecule has 0 spiro atoms. The maximum atomic E-state index is 12.5. The van der Waals surface area contributed by atoms with Gasteiger partial charge in [0, 0.05) is 39.1 Å². The van der Waals surface area contributed by atoms with Crippen LogP contribution >= 0.6 is 0 Å². The highest BCUT2D eigenvalue weighted by Crippen LogP contribution is 2.23. The number of amides is 3. The Kier molecular flexibility index (Phi) is 6.32. The van der Waals surface area contributed by atoms with E-state index in [9.17, 15) is 14.4 Å². The van der Waals surface area contributed by atoms with E-state index in [-0.39, 0.29) is 30.2 Å². The van der Waals surface area contributed by atoms with Crippen molar-refractivity contribution in [3.05, 3.63) is 29.8 Å². The Morgan fingerprint density at radius 1 is 1.04 bits per heavy atom. The Labute approximate surface area is 159 Å². The van der Waals surface area contributed by atoms with Crippen molar-refractivity contribution in [2.45, 2.75) is 25.7 Å². The summed E-state index contributed by atoms with van der Waals surface area (Å²) in [6, 6.07) is 6.86. The molecule has 0 saturated carbocycles. The minimum atomic E-state index is -0.251. The summed E-state index contributed by atoms with van der Waals surface area (Å²) in [5.74, 6) is 0.301. The molecule has 146 valence electrons. The van der Waals surface area contributed by atoms with E-state index in [1.54, 1.807) is 36.2 Å². The largest absolute Gasteiger partial charge is 0.483 e. The highest BCUT2D eigenvalue weighted by molar-refractivity contribution is 5.96. The summed E-state index contributed by atoms with van der Waals surface area (Å²) in [7, 11) is 1.55. The molecule has 2 aliphatic heterocycles. The zero-order chi connectivity index (χ0) is 19.2. The maximum absolute atomic E-state index is 12.5. The molecular weight excluding hydrogens is 346 g/mol. The van der Waals surface area contributed by atoms with Crippen LogP contribution < -0.4 is 10.1 Å². The van der Waals surface area contributed by atoms with Crippen LogP contribution in [0.3, 0.4) is 0 Å². The lowest BCUT2D eigenvalue weighted by Crippen LogP contribution is -2.45. The van der Waals surface area contributed by atoms with Crippen LogP contribution in [0.25, 0.3) is 0 Å². The summed E-state index contributed by atoms with van der Waals surface area (Å²) in [5.41, 5.74) is 0.405. The summed E-state index contributed by atoms with van der Waals surface area (Å²) in [5, 5.41) is 2.56. The summed E-state index contributed by atoms with van der Waals surface area (Å²) < 4.78 is 5.60. The van der Waals surface area contributed by atoms with Gasteiger partial charge in [0.25, 0.3) is 11.8 Å². The quantitative estimate of drug-likeness (QED) is 0.843. The third kappa shape index (κ3) is 4.59. The molecule has 1 aromatic rings. The van der Waals surface area contributed by atoms with Gasteiger partial charge < -0.3 is 19.9 Å². The van der Waals surface area contributed by atoms with E-state index in [0.717, 1.165) is 25.9 Å². The second-order valence-corrected chi connectivity index (χ2v) is 7.05. The van der Waals surface area contributed by atoms with Gasteiger partial charge in [0.2, 0.25) is 5.91 Å². The Morgan fingerprint density at radius 2 is 1.70 bits per heavy atom. The molecule has 2 aliphatic rings. The van der Waals surface area contributed by atoms with Crippen LogP contribution in [-0.4, -0.2) is 67.4 Å². The predicted molar refractivity (Wildman–Crippen MR) is 100 cm³/mol. The summed E-state index contributed by atoms with van der Waals surface area (Å²) >= 11 is 0. The van der Waals surface area contributed by atoms with Gasteiger partial charge in [0.1, 0.15) is 5.75 Å². The highest BCUT2D eigenvalue weighted by Gasteiger charge is 2.31. The van der Waals surface area contributed by atoms with Crippen molar-refractivity contribution in [1.82, 2.24) is 15.1 Å². The molecule has 0 atom stereocenters. The second kappa shape index (κ2) is 8.88. The van der Waals surface area contributed by atoms with Gasteiger partial charge >= 0.3 is 0 Å². The average molecular weight is 373 g/mol. The van der Waals surface area contributed by atoms with E-state index in [2.05, 4.69) is 5.32 Å². The number of carbonyl (C=O) groups is 3. The molecule has 0 unspecified atom stereocenters. The number of ether oxygens (including phenoxy) is 1. The van der Waals surface area contributed by atoms with E-state index in [0.29, 0.717) is 37.2 Å². The van der Waals surface area contributed by atoms with Crippen LogP contribution in [0, 0.1) is 5.92 Å². The van der Waals surface area contributed by atoms with Gasteiger partial charge in [-0.2, -0.15) is 0 Å². The minimum Gasteiger partial charge on any atom is -0.483 e. The second-order valence-electron chi connectivity index (χ2n) is 7.05. The number of nitrogens with zero attached hydrogens (tertiary/aromatic N) is 2. The number of hydrogen-bond acceptors (Lipinski definition) is 4. The molecule has 0 radical (unpaired) electrons. The molecule has 3 amide bonds. The van der Waals surface area contributed by atoms with Crippen molar-refractivity contribution < 1.29 is 19.1 Å².